The van der Waals surface area contributed by atoms with E-state index in [2.05, 4.69) is 22.1 Å². The molecule has 5 heteroatoms. The van der Waals surface area contributed by atoms with E-state index in [0.29, 0.717) is 12.1 Å². The zero-order valence-corrected chi connectivity index (χ0v) is 12.8. The third-order valence-corrected chi connectivity index (χ3v) is 3.63. The third-order valence-electron chi connectivity index (χ3n) is 2.72. The van der Waals surface area contributed by atoms with Gasteiger partial charge in [0.15, 0.2) is 0 Å². The quantitative estimate of drug-likeness (QED) is 0.853. The molecule has 4 nitrogen and oxygen atoms in total. The molecule has 21 heavy (non-hydrogen) atoms. The van der Waals surface area contributed by atoms with Gasteiger partial charge in [-0.2, -0.15) is 0 Å². The highest BCUT2D eigenvalue weighted by molar-refractivity contribution is 7.11. The monoisotopic (exact) mass is 300 g/mol. The lowest BCUT2D eigenvalue weighted by molar-refractivity contribution is 0.0950. The number of hydrogen-bond donors (Lipinski definition) is 2. The highest BCUT2D eigenvalue weighted by Crippen LogP contribution is 2.12. The van der Waals surface area contributed by atoms with Gasteiger partial charge in [-0.1, -0.05) is 11.8 Å². The number of amides is 1. The van der Waals surface area contributed by atoms with Crippen LogP contribution in [0.25, 0.3) is 0 Å². The average molecular weight is 300 g/mol. The number of aliphatic hydroxyl groups excluding tert-OH is 1. The van der Waals surface area contributed by atoms with Gasteiger partial charge in [0.1, 0.15) is 11.6 Å². The number of carbonyl (C=O) groups is 1. The number of nitrogens with zero attached hydrogens (tertiary/aromatic N) is 1. The molecule has 0 unspecified atom stereocenters. The number of carbonyl (C=O) groups excluding carboxylic acids is 1. The van der Waals surface area contributed by atoms with E-state index in [1.54, 1.807) is 23.6 Å². The minimum atomic E-state index is -0.196. The minimum absolute atomic E-state index is 0.154. The number of nitrogens with one attached hydrogen (secondary N) is 1. The first-order valence-corrected chi connectivity index (χ1v) is 7.31. The molecule has 0 radical (unpaired) electrons. The Bertz CT molecular complexity index is 711. The SMILES string of the molecule is Cc1cc(C#CCO)cc(C(=O)NCc2ncc(C)s2)c1. The summed E-state index contributed by atoms with van der Waals surface area (Å²) in [4.78, 5) is 17.5. The second-order valence-electron chi connectivity index (χ2n) is 4.59. The molecule has 0 bridgehead atoms. The Morgan fingerprint density at radius 2 is 2.19 bits per heavy atom. The Morgan fingerprint density at radius 3 is 2.86 bits per heavy atom. The van der Waals surface area contributed by atoms with Crippen LogP contribution in [-0.4, -0.2) is 22.6 Å². The van der Waals surface area contributed by atoms with E-state index in [9.17, 15) is 4.79 Å². The van der Waals surface area contributed by atoms with Crippen molar-refractivity contribution in [1.29, 1.82) is 0 Å². The smallest absolute Gasteiger partial charge is 0.251 e. The Labute approximate surface area is 127 Å². The van der Waals surface area contributed by atoms with Crippen LogP contribution < -0.4 is 5.32 Å². The van der Waals surface area contributed by atoms with Crippen molar-refractivity contribution < 1.29 is 9.90 Å². The van der Waals surface area contributed by atoms with E-state index in [1.165, 1.54) is 0 Å². The number of thiazole rings is 1. The molecular weight excluding hydrogens is 284 g/mol. The van der Waals surface area contributed by atoms with Crippen LogP contribution in [0, 0.1) is 25.7 Å². The Kier molecular flexibility index (Phi) is 5.09. The third kappa shape index (κ3) is 4.42. The predicted octanol–water partition coefficient (Wildman–Crippen LogP) is 2.03. The van der Waals surface area contributed by atoms with E-state index < -0.39 is 0 Å². The number of rotatable bonds is 3. The first kappa shape index (κ1) is 15.2. The van der Waals surface area contributed by atoms with Gasteiger partial charge < -0.3 is 10.4 Å². The van der Waals surface area contributed by atoms with Crippen LogP contribution in [0.15, 0.2) is 24.4 Å². The van der Waals surface area contributed by atoms with Gasteiger partial charge in [-0.25, -0.2) is 4.98 Å². The summed E-state index contributed by atoms with van der Waals surface area (Å²) in [6.07, 6.45) is 1.79. The first-order valence-electron chi connectivity index (χ1n) is 6.49. The Hall–Kier alpha value is -2.16. The largest absolute Gasteiger partial charge is 0.384 e. The molecule has 0 aliphatic carbocycles. The standard InChI is InChI=1S/C16H16N2O2S/c1-11-6-13(4-3-5-19)8-14(7-11)16(20)18-10-15-17-9-12(2)21-15/h6-9,19H,5,10H2,1-2H3,(H,18,20). The van der Waals surface area contributed by atoms with Crippen LogP contribution in [0.4, 0.5) is 0 Å². The van der Waals surface area contributed by atoms with E-state index in [0.717, 1.165) is 21.0 Å². The summed E-state index contributed by atoms with van der Waals surface area (Å²) in [5.74, 6) is 5.25. The summed E-state index contributed by atoms with van der Waals surface area (Å²) < 4.78 is 0. The van der Waals surface area contributed by atoms with Crippen molar-refractivity contribution in [3.8, 4) is 11.8 Å². The van der Waals surface area contributed by atoms with Crippen molar-refractivity contribution in [2.75, 3.05) is 6.61 Å². The molecule has 0 spiro atoms. The second kappa shape index (κ2) is 7.02. The summed E-state index contributed by atoms with van der Waals surface area (Å²) >= 11 is 1.57. The molecule has 0 saturated heterocycles. The van der Waals surface area contributed by atoms with Crippen molar-refractivity contribution in [1.82, 2.24) is 10.3 Å². The molecule has 108 valence electrons. The molecule has 2 aromatic rings. The van der Waals surface area contributed by atoms with Crippen molar-refractivity contribution >= 4 is 17.2 Å². The Balaban J connectivity index is 2.09. The van der Waals surface area contributed by atoms with Gasteiger partial charge in [-0.15, -0.1) is 11.3 Å². The van der Waals surface area contributed by atoms with Gasteiger partial charge in [0.05, 0.1) is 6.54 Å². The van der Waals surface area contributed by atoms with Crippen molar-refractivity contribution in [3.05, 3.63) is 51.0 Å². The number of aliphatic hydroxyl groups is 1. The molecule has 0 aliphatic heterocycles. The molecule has 0 saturated carbocycles. The lowest BCUT2D eigenvalue weighted by atomic mass is 10.1. The molecule has 0 fully saturated rings. The zero-order valence-electron chi connectivity index (χ0n) is 11.9. The summed E-state index contributed by atoms with van der Waals surface area (Å²) in [6, 6.07) is 5.41. The van der Waals surface area contributed by atoms with E-state index in [1.807, 2.05) is 26.0 Å². The fraction of sp³-hybridized carbons (Fsp3) is 0.250. The number of hydrogen-bond acceptors (Lipinski definition) is 4. The van der Waals surface area contributed by atoms with Gasteiger partial charge in [0.25, 0.3) is 5.91 Å². The van der Waals surface area contributed by atoms with Crippen molar-refractivity contribution in [2.45, 2.75) is 20.4 Å². The minimum Gasteiger partial charge on any atom is -0.384 e. The highest BCUT2D eigenvalue weighted by Gasteiger charge is 2.08. The number of aryl methyl sites for hydroxylation is 2. The topological polar surface area (TPSA) is 62.2 Å². The fourth-order valence-corrected chi connectivity index (χ4v) is 2.60. The molecule has 2 rings (SSSR count). The zero-order chi connectivity index (χ0) is 15.2. The van der Waals surface area contributed by atoms with Crippen molar-refractivity contribution in [2.24, 2.45) is 0 Å². The highest BCUT2D eigenvalue weighted by atomic mass is 32.1. The molecule has 1 aromatic carbocycles. The lowest BCUT2D eigenvalue weighted by Crippen LogP contribution is -2.22. The lowest BCUT2D eigenvalue weighted by Gasteiger charge is -2.05. The van der Waals surface area contributed by atoms with Gasteiger partial charge in [-0.3, -0.25) is 4.79 Å². The number of benzene rings is 1. The molecular formula is C16H16N2O2S. The Morgan fingerprint density at radius 1 is 1.38 bits per heavy atom. The maximum absolute atomic E-state index is 12.2. The molecule has 0 aliphatic rings. The summed E-state index contributed by atoms with van der Waals surface area (Å²) in [7, 11) is 0. The fourth-order valence-electron chi connectivity index (χ4n) is 1.87. The van der Waals surface area contributed by atoms with E-state index in [4.69, 9.17) is 5.11 Å². The summed E-state index contributed by atoms with van der Waals surface area (Å²) in [5, 5.41) is 12.5. The maximum Gasteiger partial charge on any atom is 0.251 e. The summed E-state index contributed by atoms with van der Waals surface area (Å²) in [5.41, 5.74) is 2.24. The van der Waals surface area contributed by atoms with Gasteiger partial charge >= 0.3 is 0 Å². The normalized spacial score (nSPS) is 9.86. The van der Waals surface area contributed by atoms with Crippen molar-refractivity contribution in [3.63, 3.8) is 0 Å². The van der Waals surface area contributed by atoms with Crippen LogP contribution in [0.3, 0.4) is 0 Å². The first-order chi connectivity index (χ1) is 10.1. The van der Waals surface area contributed by atoms with Crippen LogP contribution in [-0.2, 0) is 6.54 Å². The number of aromatic nitrogens is 1. The van der Waals surface area contributed by atoms with E-state index >= 15 is 0 Å². The van der Waals surface area contributed by atoms with Crippen LogP contribution in [0.1, 0.15) is 31.4 Å². The molecule has 1 heterocycles. The molecule has 1 amide bonds. The second-order valence-corrected chi connectivity index (χ2v) is 5.91. The van der Waals surface area contributed by atoms with Gasteiger partial charge in [-0.05, 0) is 37.6 Å². The van der Waals surface area contributed by atoms with Gasteiger partial charge in [0.2, 0.25) is 0 Å². The summed E-state index contributed by atoms with van der Waals surface area (Å²) in [6.45, 7) is 4.11. The van der Waals surface area contributed by atoms with Gasteiger partial charge in [0, 0.05) is 22.2 Å². The average Bonchev–Trinajstić information content (AvgIpc) is 2.87. The molecule has 1 aromatic heterocycles. The van der Waals surface area contributed by atoms with Crippen LogP contribution >= 0.6 is 11.3 Å². The predicted molar refractivity (Wildman–Crippen MR) is 83.2 cm³/mol. The molecule has 0 atom stereocenters. The maximum atomic E-state index is 12.2. The van der Waals surface area contributed by atoms with Crippen LogP contribution in [0.2, 0.25) is 0 Å². The van der Waals surface area contributed by atoms with E-state index in [-0.39, 0.29) is 12.5 Å². The molecule has 2 N–H and O–H groups in total. The van der Waals surface area contributed by atoms with Crippen LogP contribution in [0.5, 0.6) is 0 Å².